The molecule has 1 atom stereocenters. The molecule has 0 aliphatic carbocycles. The van der Waals surface area contributed by atoms with E-state index in [0.29, 0.717) is 23.5 Å². The van der Waals surface area contributed by atoms with Crippen LogP contribution < -0.4 is 10.9 Å². The van der Waals surface area contributed by atoms with Crippen molar-refractivity contribution in [3.05, 3.63) is 28.6 Å². The Balaban J connectivity index is 1.53. The topological polar surface area (TPSA) is 93.7 Å². The number of anilines is 1. The number of hydrogen-bond donors (Lipinski definition) is 2. The fraction of sp³-hybridized carbons (Fsp3) is 0.444. The van der Waals surface area contributed by atoms with E-state index in [-0.39, 0.29) is 5.56 Å². The number of aromatic amines is 1. The van der Waals surface area contributed by atoms with Gasteiger partial charge >= 0.3 is 0 Å². The molecular formula is C18H24N6O2S. The van der Waals surface area contributed by atoms with Gasteiger partial charge in [-0.25, -0.2) is 14.4 Å². The Morgan fingerprint density at radius 3 is 2.93 bits per heavy atom. The summed E-state index contributed by atoms with van der Waals surface area (Å²) >= 11 is 0. The number of rotatable bonds is 4. The highest BCUT2D eigenvalue weighted by atomic mass is 32.2. The SMILES string of the molecule is C=S(=O)(CC)N1CCCN(CC2=Nc3n[nH]c(=O)c4cccc(c34)N2)CC1. The lowest BCUT2D eigenvalue weighted by molar-refractivity contribution is 0.326. The molecule has 3 heterocycles. The Bertz CT molecular complexity index is 1060. The first-order valence-electron chi connectivity index (χ1n) is 9.16. The van der Waals surface area contributed by atoms with Crippen LogP contribution in [0.1, 0.15) is 13.3 Å². The Kier molecular flexibility index (Phi) is 4.75. The second kappa shape index (κ2) is 7.06. The molecule has 8 nitrogen and oxygen atoms in total. The molecule has 2 aliphatic heterocycles. The summed E-state index contributed by atoms with van der Waals surface area (Å²) in [5.74, 6) is 5.82. The molecular weight excluding hydrogens is 364 g/mol. The van der Waals surface area contributed by atoms with E-state index in [4.69, 9.17) is 0 Å². The Hall–Kier alpha value is -2.23. The largest absolute Gasteiger partial charge is 0.342 e. The molecule has 4 rings (SSSR count). The van der Waals surface area contributed by atoms with Crippen LogP contribution in [0.3, 0.4) is 0 Å². The fourth-order valence-corrected chi connectivity index (χ4v) is 4.85. The molecule has 0 spiro atoms. The summed E-state index contributed by atoms with van der Waals surface area (Å²) in [6.07, 6.45) is 0.942. The van der Waals surface area contributed by atoms with E-state index in [1.807, 2.05) is 23.4 Å². The van der Waals surface area contributed by atoms with Gasteiger partial charge in [0.15, 0.2) is 5.82 Å². The highest BCUT2D eigenvalue weighted by Crippen LogP contribution is 2.31. The molecule has 0 amide bonds. The van der Waals surface area contributed by atoms with Crippen LogP contribution in [-0.4, -0.2) is 73.8 Å². The molecule has 1 unspecified atom stereocenters. The van der Waals surface area contributed by atoms with E-state index in [9.17, 15) is 9.00 Å². The molecule has 144 valence electrons. The van der Waals surface area contributed by atoms with Crippen molar-refractivity contribution in [3.8, 4) is 0 Å². The van der Waals surface area contributed by atoms with Crippen molar-refractivity contribution in [2.24, 2.45) is 4.99 Å². The maximum atomic E-state index is 12.6. The lowest BCUT2D eigenvalue weighted by Gasteiger charge is -2.25. The smallest absolute Gasteiger partial charge is 0.272 e. The summed E-state index contributed by atoms with van der Waals surface area (Å²) in [4.78, 5) is 18.9. The van der Waals surface area contributed by atoms with E-state index in [1.54, 1.807) is 6.07 Å². The van der Waals surface area contributed by atoms with E-state index in [0.717, 1.165) is 49.5 Å². The van der Waals surface area contributed by atoms with Crippen LogP contribution in [0.4, 0.5) is 11.5 Å². The summed E-state index contributed by atoms with van der Waals surface area (Å²) in [6, 6.07) is 5.56. The van der Waals surface area contributed by atoms with Crippen LogP contribution in [0.5, 0.6) is 0 Å². The van der Waals surface area contributed by atoms with Crippen LogP contribution >= 0.6 is 0 Å². The highest BCUT2D eigenvalue weighted by Gasteiger charge is 2.23. The van der Waals surface area contributed by atoms with Crippen LogP contribution in [0, 0.1) is 0 Å². The summed E-state index contributed by atoms with van der Waals surface area (Å²) in [7, 11) is -2.15. The Labute approximate surface area is 158 Å². The number of H-pyrrole nitrogens is 1. The van der Waals surface area contributed by atoms with Gasteiger partial charge in [-0.05, 0) is 31.0 Å². The lowest BCUT2D eigenvalue weighted by Crippen LogP contribution is -2.38. The first kappa shape index (κ1) is 18.1. The predicted octanol–water partition coefficient (Wildman–Crippen LogP) is 1.04. The molecule has 2 aliphatic rings. The molecule has 1 aromatic carbocycles. The van der Waals surface area contributed by atoms with Gasteiger partial charge in [-0.3, -0.25) is 13.9 Å². The number of amidine groups is 1. The molecule has 27 heavy (non-hydrogen) atoms. The standard InChI is InChI=1S/C18H24N6O2S/c1-3-27(2,26)24-9-5-8-23(10-11-24)12-15-19-14-7-4-6-13-16(14)17(20-15)21-22-18(13)25/h4,6-7H,2-3,5,8-12H2,1H3,(H,22,25)(H,19,20,21). The molecule has 2 aromatic rings. The summed E-state index contributed by atoms with van der Waals surface area (Å²) in [5.41, 5.74) is 0.644. The van der Waals surface area contributed by atoms with Crippen LogP contribution in [0.2, 0.25) is 0 Å². The van der Waals surface area contributed by atoms with Crippen LogP contribution in [0.15, 0.2) is 28.0 Å². The molecule has 1 saturated heterocycles. The Morgan fingerprint density at radius 2 is 2.11 bits per heavy atom. The van der Waals surface area contributed by atoms with Gasteiger partial charge in [-0.1, -0.05) is 13.0 Å². The van der Waals surface area contributed by atoms with Crippen molar-refractivity contribution < 1.29 is 4.21 Å². The van der Waals surface area contributed by atoms with Crippen molar-refractivity contribution >= 4 is 43.7 Å². The summed E-state index contributed by atoms with van der Waals surface area (Å²) < 4.78 is 14.6. The highest BCUT2D eigenvalue weighted by molar-refractivity contribution is 7.98. The molecule has 0 bridgehead atoms. The number of benzene rings is 1. The van der Waals surface area contributed by atoms with Gasteiger partial charge in [0.25, 0.3) is 5.56 Å². The zero-order chi connectivity index (χ0) is 19.0. The Morgan fingerprint density at radius 1 is 1.26 bits per heavy atom. The van der Waals surface area contributed by atoms with Gasteiger partial charge in [-0.15, -0.1) is 0 Å². The molecule has 1 aromatic heterocycles. The number of aliphatic imine (C=N–C) groups is 1. The molecule has 9 heteroatoms. The second-order valence-corrected chi connectivity index (χ2v) is 9.55. The van der Waals surface area contributed by atoms with Crippen molar-refractivity contribution in [3.63, 3.8) is 0 Å². The molecule has 1 fully saturated rings. The quantitative estimate of drug-likeness (QED) is 0.764. The van der Waals surface area contributed by atoms with E-state index >= 15 is 0 Å². The van der Waals surface area contributed by atoms with Gasteiger partial charge in [0.05, 0.1) is 23.0 Å². The zero-order valence-electron chi connectivity index (χ0n) is 15.4. The van der Waals surface area contributed by atoms with E-state index < -0.39 is 9.71 Å². The number of nitrogens with one attached hydrogen (secondary N) is 2. The molecule has 0 saturated carbocycles. The third-order valence-corrected chi connectivity index (χ3v) is 7.37. The first-order valence-corrected chi connectivity index (χ1v) is 11.0. The van der Waals surface area contributed by atoms with Crippen molar-refractivity contribution in [2.45, 2.75) is 13.3 Å². The molecule has 0 radical (unpaired) electrons. The lowest BCUT2D eigenvalue weighted by atomic mass is 10.1. The number of nitrogens with zero attached hydrogens (tertiary/aromatic N) is 4. The predicted molar refractivity (Wildman–Crippen MR) is 112 cm³/mol. The minimum absolute atomic E-state index is 0.212. The summed E-state index contributed by atoms with van der Waals surface area (Å²) in [6.45, 7) is 5.83. The van der Waals surface area contributed by atoms with Gasteiger partial charge in [0.2, 0.25) is 0 Å². The van der Waals surface area contributed by atoms with Gasteiger partial charge in [-0.2, -0.15) is 5.10 Å². The average molecular weight is 388 g/mol. The third kappa shape index (κ3) is 3.50. The van der Waals surface area contributed by atoms with Crippen molar-refractivity contribution in [1.82, 2.24) is 19.4 Å². The minimum atomic E-state index is -2.15. The average Bonchev–Trinajstić information content (AvgIpc) is 2.91. The summed E-state index contributed by atoms with van der Waals surface area (Å²) in [5, 5.41) is 11.3. The maximum absolute atomic E-state index is 12.6. The second-order valence-electron chi connectivity index (χ2n) is 6.91. The van der Waals surface area contributed by atoms with Crippen molar-refractivity contribution in [2.75, 3.05) is 43.8 Å². The van der Waals surface area contributed by atoms with E-state index in [1.165, 1.54) is 0 Å². The normalized spacial score (nSPS) is 20.6. The third-order valence-electron chi connectivity index (χ3n) is 5.16. The number of hydrogen-bond acceptors (Lipinski definition) is 6. The number of aromatic nitrogens is 2. The van der Waals surface area contributed by atoms with Gasteiger partial charge in [0.1, 0.15) is 5.84 Å². The first-order chi connectivity index (χ1) is 13.0. The zero-order valence-corrected chi connectivity index (χ0v) is 16.2. The van der Waals surface area contributed by atoms with Gasteiger partial charge < -0.3 is 5.32 Å². The van der Waals surface area contributed by atoms with Crippen LogP contribution in [-0.2, 0) is 9.71 Å². The van der Waals surface area contributed by atoms with Crippen LogP contribution in [0.25, 0.3) is 10.8 Å². The van der Waals surface area contributed by atoms with E-state index in [2.05, 4.69) is 31.3 Å². The monoisotopic (exact) mass is 388 g/mol. The minimum Gasteiger partial charge on any atom is -0.342 e. The molecule has 2 N–H and O–H groups in total. The van der Waals surface area contributed by atoms with Gasteiger partial charge in [0, 0.05) is 35.1 Å². The van der Waals surface area contributed by atoms with Crippen molar-refractivity contribution in [1.29, 1.82) is 0 Å². The maximum Gasteiger partial charge on any atom is 0.272 e. The fourth-order valence-electron chi connectivity index (χ4n) is 3.61.